The van der Waals surface area contributed by atoms with Gasteiger partial charge in [0.1, 0.15) is 5.60 Å². The number of hydrogen-bond donors (Lipinski definition) is 1. The fourth-order valence-corrected chi connectivity index (χ4v) is 3.26. The Bertz CT molecular complexity index is 736. The predicted molar refractivity (Wildman–Crippen MR) is 92.0 cm³/mol. The summed E-state index contributed by atoms with van der Waals surface area (Å²) in [7, 11) is 0. The van der Waals surface area contributed by atoms with Gasteiger partial charge in [-0.15, -0.1) is 0 Å². The van der Waals surface area contributed by atoms with Crippen molar-refractivity contribution in [3.8, 4) is 0 Å². The smallest absolute Gasteiger partial charge is 0.416 e. The van der Waals surface area contributed by atoms with Gasteiger partial charge < -0.3 is 15.0 Å². The van der Waals surface area contributed by atoms with Crippen LogP contribution in [0.4, 0.5) is 18.0 Å². The third kappa shape index (κ3) is 4.54. The second kappa shape index (κ2) is 6.73. The van der Waals surface area contributed by atoms with Crippen LogP contribution in [0, 0.1) is 5.92 Å². The highest BCUT2D eigenvalue weighted by Crippen LogP contribution is 2.51. The van der Waals surface area contributed by atoms with Gasteiger partial charge in [-0.3, -0.25) is 4.79 Å². The molecular weight excluding hydrogens is 361 g/mol. The van der Waals surface area contributed by atoms with E-state index in [2.05, 4.69) is 5.32 Å². The molecule has 27 heavy (non-hydrogen) atoms. The van der Waals surface area contributed by atoms with Crippen molar-refractivity contribution >= 4 is 12.0 Å². The maximum atomic E-state index is 13.1. The normalized spacial score (nSPS) is 22.8. The summed E-state index contributed by atoms with van der Waals surface area (Å²) in [4.78, 5) is 25.7. The molecule has 1 aromatic carbocycles. The first kappa shape index (κ1) is 19.5. The van der Waals surface area contributed by atoms with Gasteiger partial charge in [0.2, 0.25) is 5.91 Å². The molecule has 1 aliphatic heterocycles. The minimum atomic E-state index is -4.43. The molecule has 2 aliphatic rings. The average molecular weight is 384 g/mol. The molecule has 148 valence electrons. The summed E-state index contributed by atoms with van der Waals surface area (Å²) in [6, 6.07) is 5.21. The maximum absolute atomic E-state index is 13.1. The maximum Gasteiger partial charge on any atom is 0.416 e. The van der Waals surface area contributed by atoms with Gasteiger partial charge in [0.25, 0.3) is 0 Å². The molecule has 2 amide bonds. The van der Waals surface area contributed by atoms with E-state index in [-0.39, 0.29) is 17.5 Å². The molecule has 1 heterocycles. The van der Waals surface area contributed by atoms with E-state index >= 15 is 0 Å². The third-order valence-corrected chi connectivity index (χ3v) is 4.67. The van der Waals surface area contributed by atoms with Gasteiger partial charge in [-0.05, 0) is 44.7 Å². The number of nitrogens with zero attached hydrogens (tertiary/aromatic N) is 1. The number of rotatable bonds is 3. The Morgan fingerprint density at radius 1 is 1.15 bits per heavy atom. The molecule has 1 aromatic rings. The second-order valence-electron chi connectivity index (χ2n) is 8.12. The highest BCUT2D eigenvalue weighted by molar-refractivity contribution is 5.83. The Labute approximate surface area is 155 Å². The van der Waals surface area contributed by atoms with E-state index in [4.69, 9.17) is 4.74 Å². The van der Waals surface area contributed by atoms with Gasteiger partial charge in [-0.2, -0.15) is 13.2 Å². The van der Waals surface area contributed by atoms with Crippen LogP contribution in [0.3, 0.4) is 0 Å². The first-order valence-corrected chi connectivity index (χ1v) is 8.90. The van der Waals surface area contributed by atoms with Crippen LogP contribution in [0.25, 0.3) is 0 Å². The van der Waals surface area contributed by atoms with Crippen molar-refractivity contribution in [1.29, 1.82) is 0 Å². The lowest BCUT2D eigenvalue weighted by Crippen LogP contribution is -2.61. The van der Waals surface area contributed by atoms with Crippen molar-refractivity contribution in [3.05, 3.63) is 35.4 Å². The van der Waals surface area contributed by atoms with Gasteiger partial charge in [-0.1, -0.05) is 18.2 Å². The van der Waals surface area contributed by atoms with Crippen LogP contribution in [0.2, 0.25) is 0 Å². The van der Waals surface area contributed by atoms with Crippen molar-refractivity contribution in [2.45, 2.75) is 50.9 Å². The Balaban J connectivity index is 1.51. The Kier molecular flexibility index (Phi) is 4.86. The fraction of sp³-hybridized carbons (Fsp3) is 0.579. The summed E-state index contributed by atoms with van der Waals surface area (Å²) in [5.74, 6) is -1.13. The van der Waals surface area contributed by atoms with Crippen LogP contribution in [0.15, 0.2) is 24.3 Å². The lowest BCUT2D eigenvalue weighted by molar-refractivity contribution is -0.138. The molecule has 3 rings (SSSR count). The van der Waals surface area contributed by atoms with Crippen molar-refractivity contribution in [2.75, 3.05) is 13.1 Å². The Hall–Kier alpha value is -2.25. The number of ether oxygens (including phenoxy) is 1. The first-order valence-electron chi connectivity index (χ1n) is 8.90. The van der Waals surface area contributed by atoms with Crippen LogP contribution in [0.1, 0.15) is 44.2 Å². The SMILES string of the molecule is CC(C)(C)OC(=O)N1CC(NC(=O)C2CC2c2ccccc2C(F)(F)F)C1. The third-order valence-electron chi connectivity index (χ3n) is 4.67. The Morgan fingerprint density at radius 3 is 2.37 bits per heavy atom. The number of likely N-dealkylation sites (tertiary alicyclic amines) is 1. The molecule has 0 bridgehead atoms. The van der Waals surface area contributed by atoms with Crippen LogP contribution < -0.4 is 5.32 Å². The Morgan fingerprint density at radius 2 is 1.78 bits per heavy atom. The summed E-state index contributed by atoms with van der Waals surface area (Å²) in [5.41, 5.74) is -1.09. The van der Waals surface area contributed by atoms with Gasteiger partial charge in [-0.25, -0.2) is 4.79 Å². The highest BCUT2D eigenvalue weighted by atomic mass is 19.4. The zero-order valence-corrected chi connectivity index (χ0v) is 15.5. The summed E-state index contributed by atoms with van der Waals surface area (Å²) in [5, 5.41) is 2.81. The lowest BCUT2D eigenvalue weighted by Gasteiger charge is -2.40. The molecule has 0 aromatic heterocycles. The minimum Gasteiger partial charge on any atom is -0.444 e. The molecule has 2 unspecified atom stereocenters. The number of hydrogen-bond acceptors (Lipinski definition) is 3. The first-order chi connectivity index (χ1) is 12.5. The molecule has 8 heteroatoms. The molecule has 0 radical (unpaired) electrons. The molecule has 0 spiro atoms. The molecule has 2 fully saturated rings. The van der Waals surface area contributed by atoms with Gasteiger partial charge in [0.05, 0.1) is 11.6 Å². The van der Waals surface area contributed by atoms with Crippen LogP contribution in [-0.4, -0.2) is 41.6 Å². The van der Waals surface area contributed by atoms with Crippen molar-refractivity contribution in [1.82, 2.24) is 10.2 Å². The topological polar surface area (TPSA) is 58.6 Å². The fourth-order valence-electron chi connectivity index (χ4n) is 3.26. The number of alkyl halides is 3. The molecular formula is C19H23F3N2O3. The van der Waals surface area contributed by atoms with E-state index in [1.54, 1.807) is 26.8 Å². The molecule has 1 N–H and O–H groups in total. The summed E-state index contributed by atoms with van der Waals surface area (Å²) >= 11 is 0. The average Bonchev–Trinajstić information content (AvgIpc) is 3.28. The molecule has 1 saturated carbocycles. The molecule has 5 nitrogen and oxygen atoms in total. The molecule has 2 atom stereocenters. The number of benzene rings is 1. The van der Waals surface area contributed by atoms with Gasteiger partial charge in [0, 0.05) is 19.0 Å². The lowest BCUT2D eigenvalue weighted by atomic mass is 10.0. The number of carbonyl (C=O) groups is 2. The second-order valence-corrected chi connectivity index (χ2v) is 8.12. The number of amides is 2. The highest BCUT2D eigenvalue weighted by Gasteiger charge is 2.48. The predicted octanol–water partition coefficient (Wildman–Crippen LogP) is 3.54. The van der Waals surface area contributed by atoms with Gasteiger partial charge in [0.15, 0.2) is 0 Å². The van der Waals surface area contributed by atoms with Crippen LogP contribution in [-0.2, 0) is 15.7 Å². The van der Waals surface area contributed by atoms with E-state index in [1.165, 1.54) is 17.0 Å². The zero-order chi connectivity index (χ0) is 20.0. The zero-order valence-electron chi connectivity index (χ0n) is 15.5. The molecule has 1 saturated heterocycles. The minimum absolute atomic E-state index is 0.175. The van der Waals surface area contributed by atoms with E-state index in [0.717, 1.165) is 6.07 Å². The summed E-state index contributed by atoms with van der Waals surface area (Å²) in [6.45, 7) is 6.01. The van der Waals surface area contributed by atoms with Gasteiger partial charge >= 0.3 is 12.3 Å². The largest absolute Gasteiger partial charge is 0.444 e. The van der Waals surface area contributed by atoms with Crippen molar-refractivity contribution in [3.63, 3.8) is 0 Å². The number of carbonyl (C=O) groups excluding carboxylic acids is 2. The van der Waals surface area contributed by atoms with Crippen molar-refractivity contribution < 1.29 is 27.5 Å². The van der Waals surface area contributed by atoms with E-state index < -0.39 is 35.3 Å². The summed E-state index contributed by atoms with van der Waals surface area (Å²) < 4.78 is 44.6. The summed E-state index contributed by atoms with van der Waals surface area (Å²) in [6.07, 6.45) is -4.46. The van der Waals surface area contributed by atoms with Crippen LogP contribution >= 0.6 is 0 Å². The van der Waals surface area contributed by atoms with E-state index in [9.17, 15) is 22.8 Å². The number of nitrogens with one attached hydrogen (secondary N) is 1. The van der Waals surface area contributed by atoms with E-state index in [0.29, 0.717) is 19.5 Å². The standard InChI is InChI=1S/C19H23F3N2O3/c1-18(2,3)27-17(26)24-9-11(10-24)23-16(25)14-8-13(14)12-6-4-5-7-15(12)19(20,21)22/h4-7,11,13-14H,8-10H2,1-3H3,(H,23,25). The molecule has 1 aliphatic carbocycles. The van der Waals surface area contributed by atoms with E-state index in [1.807, 2.05) is 0 Å². The monoisotopic (exact) mass is 384 g/mol. The van der Waals surface area contributed by atoms with Crippen LogP contribution in [0.5, 0.6) is 0 Å². The number of halogens is 3. The quantitative estimate of drug-likeness (QED) is 0.867. The van der Waals surface area contributed by atoms with Crippen molar-refractivity contribution in [2.24, 2.45) is 5.92 Å².